The number of hydrogen-bond acceptors (Lipinski definition) is 5. The van der Waals surface area contributed by atoms with Crippen molar-refractivity contribution in [3.63, 3.8) is 0 Å². The Labute approximate surface area is 153 Å². The second-order valence-corrected chi connectivity index (χ2v) is 6.81. The maximum absolute atomic E-state index is 12.7. The molecule has 0 radical (unpaired) electrons. The average Bonchev–Trinajstić information content (AvgIpc) is 3.01. The van der Waals surface area contributed by atoms with E-state index >= 15 is 0 Å². The van der Waals surface area contributed by atoms with Gasteiger partial charge in [0.15, 0.2) is 10.8 Å². The number of anilines is 2. The third-order valence-electron chi connectivity index (χ3n) is 3.15. The summed E-state index contributed by atoms with van der Waals surface area (Å²) >= 11 is 4.15. The topological polar surface area (TPSA) is 47.0 Å². The molecule has 1 N–H and O–H groups in total. The van der Waals surface area contributed by atoms with Crippen molar-refractivity contribution >= 4 is 38.1 Å². The molecule has 25 heavy (non-hydrogen) atoms. The van der Waals surface area contributed by atoms with E-state index in [-0.39, 0.29) is 11.0 Å². The molecule has 0 spiro atoms. The van der Waals surface area contributed by atoms with Gasteiger partial charge in [0, 0.05) is 16.0 Å². The Morgan fingerprint density at radius 2 is 2.00 bits per heavy atom. The first-order valence-corrected chi connectivity index (χ1v) is 8.69. The molecule has 0 aliphatic rings. The number of nitrogens with one attached hydrogen (secondary N) is 1. The fourth-order valence-corrected chi connectivity index (χ4v) is 3.01. The molecule has 0 unspecified atom stereocenters. The summed E-state index contributed by atoms with van der Waals surface area (Å²) in [6.45, 7) is 1.89. The molecule has 0 aliphatic carbocycles. The van der Waals surface area contributed by atoms with Crippen molar-refractivity contribution in [2.75, 3.05) is 5.32 Å². The van der Waals surface area contributed by atoms with Crippen LogP contribution in [0.5, 0.6) is 11.6 Å². The predicted molar refractivity (Wildman–Crippen MR) is 93.6 cm³/mol. The van der Waals surface area contributed by atoms with Crippen LogP contribution < -0.4 is 10.1 Å². The highest BCUT2D eigenvalue weighted by molar-refractivity contribution is 9.10. The van der Waals surface area contributed by atoms with Crippen LogP contribution in [0.2, 0.25) is 0 Å². The summed E-state index contributed by atoms with van der Waals surface area (Å²) in [5.74, 6) is 0.844. The third kappa shape index (κ3) is 4.29. The van der Waals surface area contributed by atoms with E-state index in [1.807, 2.05) is 25.1 Å². The Bertz CT molecular complexity index is 898. The van der Waals surface area contributed by atoms with Gasteiger partial charge in [-0.05, 0) is 40.5 Å². The first-order valence-electron chi connectivity index (χ1n) is 7.02. The SMILES string of the molecule is Cc1ccccc1Oc1ncc(Br)cc1Nc1nc(C(F)(F)F)cs1. The first kappa shape index (κ1) is 17.7. The molecule has 1 aromatic carbocycles. The second kappa shape index (κ2) is 7.01. The van der Waals surface area contributed by atoms with Gasteiger partial charge in [0.05, 0.1) is 0 Å². The van der Waals surface area contributed by atoms with E-state index in [0.717, 1.165) is 22.3 Å². The van der Waals surface area contributed by atoms with Gasteiger partial charge in [-0.1, -0.05) is 18.2 Å². The normalized spacial score (nSPS) is 11.4. The number of halogens is 4. The van der Waals surface area contributed by atoms with Crippen LogP contribution in [0.3, 0.4) is 0 Å². The van der Waals surface area contributed by atoms with Gasteiger partial charge in [0.25, 0.3) is 0 Å². The smallest absolute Gasteiger partial charge is 0.434 e. The van der Waals surface area contributed by atoms with Gasteiger partial charge in [-0.2, -0.15) is 13.2 Å². The van der Waals surface area contributed by atoms with Crippen molar-refractivity contribution in [1.82, 2.24) is 9.97 Å². The van der Waals surface area contributed by atoms with Gasteiger partial charge < -0.3 is 10.1 Å². The molecule has 2 aromatic heterocycles. The van der Waals surface area contributed by atoms with Crippen LogP contribution in [-0.4, -0.2) is 9.97 Å². The number of rotatable bonds is 4. The van der Waals surface area contributed by atoms with Crippen LogP contribution >= 0.6 is 27.3 Å². The zero-order valence-electron chi connectivity index (χ0n) is 12.8. The van der Waals surface area contributed by atoms with Crippen molar-refractivity contribution in [2.24, 2.45) is 0 Å². The van der Waals surface area contributed by atoms with E-state index in [2.05, 4.69) is 31.2 Å². The van der Waals surface area contributed by atoms with Crippen LogP contribution in [0.1, 0.15) is 11.3 Å². The van der Waals surface area contributed by atoms with E-state index in [1.54, 1.807) is 18.3 Å². The standard InChI is InChI=1S/C16H11BrF3N3OS/c1-9-4-2-3-5-12(9)24-14-11(6-10(17)7-21-14)22-15-23-13(8-25-15)16(18,19)20/h2-8H,1H3,(H,22,23). The highest BCUT2D eigenvalue weighted by Crippen LogP contribution is 2.36. The number of aryl methyl sites for hydroxylation is 1. The quantitative estimate of drug-likeness (QED) is 0.538. The fourth-order valence-electron chi connectivity index (χ4n) is 1.95. The number of benzene rings is 1. The minimum Gasteiger partial charge on any atom is -0.437 e. The first-order chi connectivity index (χ1) is 11.8. The number of thiazole rings is 1. The lowest BCUT2D eigenvalue weighted by atomic mass is 10.2. The molecule has 0 saturated heterocycles. The molecular formula is C16H11BrF3N3OS. The third-order valence-corrected chi connectivity index (χ3v) is 4.35. The molecule has 3 aromatic rings. The summed E-state index contributed by atoms with van der Waals surface area (Å²) in [5, 5.41) is 3.89. The minimum atomic E-state index is -4.48. The number of nitrogens with zero attached hydrogens (tertiary/aromatic N) is 2. The zero-order valence-corrected chi connectivity index (χ0v) is 15.2. The van der Waals surface area contributed by atoms with Gasteiger partial charge >= 0.3 is 6.18 Å². The van der Waals surface area contributed by atoms with Crippen LogP contribution in [0, 0.1) is 6.92 Å². The van der Waals surface area contributed by atoms with E-state index in [9.17, 15) is 13.2 Å². The highest BCUT2D eigenvalue weighted by atomic mass is 79.9. The van der Waals surface area contributed by atoms with Crippen molar-refractivity contribution in [3.05, 3.63) is 57.6 Å². The molecule has 0 atom stereocenters. The minimum absolute atomic E-state index is 0.0989. The van der Waals surface area contributed by atoms with Crippen molar-refractivity contribution in [1.29, 1.82) is 0 Å². The molecule has 0 bridgehead atoms. The summed E-state index contributed by atoms with van der Waals surface area (Å²) < 4.78 is 44.5. The maximum atomic E-state index is 12.7. The van der Waals surface area contributed by atoms with E-state index < -0.39 is 11.9 Å². The maximum Gasteiger partial charge on any atom is 0.434 e. The summed E-state index contributed by atoms with van der Waals surface area (Å²) in [6.07, 6.45) is -2.94. The van der Waals surface area contributed by atoms with Crippen LogP contribution in [-0.2, 0) is 6.18 Å². The number of aromatic nitrogens is 2. The lowest BCUT2D eigenvalue weighted by Gasteiger charge is -2.12. The largest absolute Gasteiger partial charge is 0.437 e. The molecule has 0 aliphatic heterocycles. The van der Waals surface area contributed by atoms with Crippen molar-refractivity contribution in [3.8, 4) is 11.6 Å². The molecule has 2 heterocycles. The van der Waals surface area contributed by atoms with Gasteiger partial charge in [0.1, 0.15) is 11.4 Å². The van der Waals surface area contributed by atoms with Crippen molar-refractivity contribution < 1.29 is 17.9 Å². The number of alkyl halides is 3. The van der Waals surface area contributed by atoms with Gasteiger partial charge in [0.2, 0.25) is 5.88 Å². The molecule has 9 heteroatoms. The Hall–Kier alpha value is -2.13. The van der Waals surface area contributed by atoms with Crippen LogP contribution in [0.15, 0.2) is 46.4 Å². The van der Waals surface area contributed by atoms with E-state index in [0.29, 0.717) is 15.9 Å². The molecule has 0 saturated carbocycles. The molecular weight excluding hydrogens is 419 g/mol. The van der Waals surface area contributed by atoms with E-state index in [4.69, 9.17) is 4.74 Å². The number of hydrogen-bond donors (Lipinski definition) is 1. The molecule has 130 valence electrons. The molecule has 0 fully saturated rings. The number of ether oxygens (including phenoxy) is 1. The average molecular weight is 430 g/mol. The van der Waals surface area contributed by atoms with E-state index in [1.165, 1.54) is 0 Å². The summed E-state index contributed by atoms with van der Waals surface area (Å²) in [6, 6.07) is 9.04. The molecule has 0 amide bonds. The summed E-state index contributed by atoms with van der Waals surface area (Å²) in [4.78, 5) is 7.75. The van der Waals surface area contributed by atoms with Gasteiger partial charge in [-0.25, -0.2) is 9.97 Å². The van der Waals surface area contributed by atoms with Crippen molar-refractivity contribution in [2.45, 2.75) is 13.1 Å². The Morgan fingerprint density at radius 1 is 1.24 bits per heavy atom. The Kier molecular flexibility index (Phi) is 4.96. The number of para-hydroxylation sites is 1. The highest BCUT2D eigenvalue weighted by Gasteiger charge is 2.33. The van der Waals surface area contributed by atoms with Crippen LogP contribution in [0.25, 0.3) is 0 Å². The fraction of sp³-hybridized carbons (Fsp3) is 0.125. The Balaban J connectivity index is 1.89. The Morgan fingerprint density at radius 3 is 2.68 bits per heavy atom. The predicted octanol–water partition coefficient (Wildman–Crippen LogP) is 6.16. The monoisotopic (exact) mass is 429 g/mol. The summed E-state index contributed by atoms with van der Waals surface area (Å²) in [5.41, 5.74) is 0.372. The lowest BCUT2D eigenvalue weighted by molar-refractivity contribution is -0.140. The zero-order chi connectivity index (χ0) is 18.0. The number of pyridine rings is 1. The molecule has 4 nitrogen and oxygen atoms in total. The van der Waals surface area contributed by atoms with Crippen LogP contribution in [0.4, 0.5) is 24.0 Å². The molecule has 3 rings (SSSR count). The van der Waals surface area contributed by atoms with Gasteiger partial charge in [-0.15, -0.1) is 11.3 Å². The summed E-state index contributed by atoms with van der Waals surface area (Å²) in [7, 11) is 0. The van der Waals surface area contributed by atoms with Gasteiger partial charge in [-0.3, -0.25) is 0 Å². The lowest BCUT2D eigenvalue weighted by Crippen LogP contribution is -2.05. The second-order valence-electron chi connectivity index (χ2n) is 5.03.